The van der Waals surface area contributed by atoms with Crippen molar-refractivity contribution in [2.75, 3.05) is 23.8 Å². The molecule has 0 spiro atoms. The van der Waals surface area contributed by atoms with Crippen molar-refractivity contribution in [1.29, 1.82) is 5.26 Å². The van der Waals surface area contributed by atoms with Crippen LogP contribution in [-0.2, 0) is 6.42 Å². The predicted molar refractivity (Wildman–Crippen MR) is 121 cm³/mol. The maximum absolute atomic E-state index is 8.96. The highest BCUT2D eigenvalue weighted by molar-refractivity contribution is 6.35. The van der Waals surface area contributed by atoms with Crippen LogP contribution in [0.15, 0.2) is 48.5 Å². The van der Waals surface area contributed by atoms with Gasteiger partial charge in [0, 0.05) is 41.4 Å². The summed E-state index contributed by atoms with van der Waals surface area (Å²) in [6, 6.07) is 16.4. The quantitative estimate of drug-likeness (QED) is 0.396. The molecule has 154 valence electrons. The topological polar surface area (TPSA) is 93.9 Å². The summed E-state index contributed by atoms with van der Waals surface area (Å²) in [6.07, 6.45) is 2.07. The molecule has 3 aromatic rings. The number of aliphatic hydroxyl groups is 1. The van der Waals surface area contributed by atoms with Crippen molar-refractivity contribution in [1.82, 2.24) is 9.97 Å². The van der Waals surface area contributed by atoms with E-state index in [1.807, 2.05) is 12.1 Å². The molecule has 0 fully saturated rings. The molecule has 0 amide bonds. The van der Waals surface area contributed by atoms with Crippen LogP contribution in [-0.4, -0.2) is 28.2 Å². The first-order chi connectivity index (χ1) is 14.6. The van der Waals surface area contributed by atoms with Gasteiger partial charge in [0.05, 0.1) is 17.3 Å². The van der Waals surface area contributed by atoms with Gasteiger partial charge in [-0.3, -0.25) is 0 Å². The van der Waals surface area contributed by atoms with Gasteiger partial charge in [0.2, 0.25) is 5.95 Å². The fraction of sp³-hybridized carbons (Fsp3) is 0.227. The molecule has 0 saturated carbocycles. The largest absolute Gasteiger partial charge is 0.396 e. The number of halogens is 2. The minimum atomic E-state index is 0.164. The van der Waals surface area contributed by atoms with Gasteiger partial charge in [0.25, 0.3) is 0 Å². The van der Waals surface area contributed by atoms with Crippen molar-refractivity contribution in [2.45, 2.75) is 19.3 Å². The Labute approximate surface area is 185 Å². The monoisotopic (exact) mass is 441 g/mol. The molecule has 6 nitrogen and oxygen atoms in total. The lowest BCUT2D eigenvalue weighted by atomic mass is 10.1. The molecule has 0 saturated heterocycles. The predicted octanol–water partition coefficient (Wildman–Crippen LogP) is 5.17. The van der Waals surface area contributed by atoms with Gasteiger partial charge in [-0.15, -0.1) is 0 Å². The Bertz CT molecular complexity index is 1030. The summed E-state index contributed by atoms with van der Waals surface area (Å²) in [5.74, 6) is 1.12. The molecule has 0 aliphatic rings. The second kappa shape index (κ2) is 10.8. The molecular weight excluding hydrogens is 421 g/mol. The van der Waals surface area contributed by atoms with Crippen LogP contribution in [0.25, 0.3) is 0 Å². The molecule has 8 heteroatoms. The molecule has 0 unspecified atom stereocenters. The average molecular weight is 442 g/mol. The van der Waals surface area contributed by atoms with Gasteiger partial charge in [-0.1, -0.05) is 29.3 Å². The average Bonchev–Trinajstić information content (AvgIpc) is 2.74. The number of anilines is 3. The fourth-order valence-corrected chi connectivity index (χ4v) is 3.28. The number of nitriles is 1. The van der Waals surface area contributed by atoms with E-state index in [2.05, 4.69) is 26.7 Å². The summed E-state index contributed by atoms with van der Waals surface area (Å²) in [7, 11) is 0. The number of benzene rings is 2. The number of hydrogen-bond donors (Lipinski definition) is 3. The van der Waals surface area contributed by atoms with Gasteiger partial charge in [-0.25, -0.2) is 4.98 Å². The normalized spacial score (nSPS) is 10.5. The maximum atomic E-state index is 8.96. The number of nitrogens with zero attached hydrogens (tertiary/aromatic N) is 3. The Balaban J connectivity index is 1.84. The Hall–Kier alpha value is -2.85. The molecule has 0 aliphatic carbocycles. The standard InChI is InChI=1S/C22H21Cl2N5O/c23-17-6-5-16(20(24)12-17)11-19-13-21(26-9-1-2-10-30)29-22(28-19)27-18-7-3-15(14-25)4-8-18/h3-8,12-13,30H,1-2,9-11H2,(H2,26,27,28,29). The third-order valence-electron chi connectivity index (χ3n) is 4.33. The van der Waals surface area contributed by atoms with Gasteiger partial charge >= 0.3 is 0 Å². The molecule has 0 aliphatic heterocycles. The summed E-state index contributed by atoms with van der Waals surface area (Å²) in [5.41, 5.74) is 3.06. The van der Waals surface area contributed by atoms with Crippen molar-refractivity contribution in [3.05, 3.63) is 75.4 Å². The van der Waals surface area contributed by atoms with Crippen LogP contribution < -0.4 is 10.6 Å². The molecule has 1 heterocycles. The Morgan fingerprint density at radius 2 is 1.80 bits per heavy atom. The van der Waals surface area contributed by atoms with Crippen LogP contribution in [0.3, 0.4) is 0 Å². The van der Waals surface area contributed by atoms with Crippen molar-refractivity contribution < 1.29 is 5.11 Å². The fourth-order valence-electron chi connectivity index (χ4n) is 2.81. The van der Waals surface area contributed by atoms with Crippen molar-refractivity contribution in [2.24, 2.45) is 0 Å². The Morgan fingerprint density at radius 3 is 2.50 bits per heavy atom. The minimum absolute atomic E-state index is 0.164. The maximum Gasteiger partial charge on any atom is 0.229 e. The highest BCUT2D eigenvalue weighted by Crippen LogP contribution is 2.24. The molecule has 3 N–H and O–H groups in total. The minimum Gasteiger partial charge on any atom is -0.396 e. The number of hydrogen-bond acceptors (Lipinski definition) is 6. The molecule has 0 atom stereocenters. The Morgan fingerprint density at radius 1 is 1.00 bits per heavy atom. The molecular formula is C22H21Cl2N5O. The van der Waals surface area contributed by atoms with E-state index in [-0.39, 0.29) is 6.61 Å². The van der Waals surface area contributed by atoms with Gasteiger partial charge in [-0.2, -0.15) is 10.2 Å². The van der Waals surface area contributed by atoms with Crippen LogP contribution in [0.5, 0.6) is 0 Å². The van der Waals surface area contributed by atoms with Crippen LogP contribution in [0.2, 0.25) is 10.0 Å². The van der Waals surface area contributed by atoms with Crippen molar-refractivity contribution in [3.8, 4) is 6.07 Å². The van der Waals surface area contributed by atoms with E-state index in [0.29, 0.717) is 40.3 Å². The second-order valence-electron chi connectivity index (χ2n) is 6.65. The highest BCUT2D eigenvalue weighted by atomic mass is 35.5. The first-order valence-corrected chi connectivity index (χ1v) is 10.3. The summed E-state index contributed by atoms with van der Waals surface area (Å²) in [6.45, 7) is 0.853. The van der Waals surface area contributed by atoms with Crippen molar-refractivity contribution >= 4 is 40.7 Å². The van der Waals surface area contributed by atoms with Gasteiger partial charge < -0.3 is 15.7 Å². The first kappa shape index (κ1) is 21.8. The van der Waals surface area contributed by atoms with E-state index >= 15 is 0 Å². The number of rotatable bonds is 9. The first-order valence-electron chi connectivity index (χ1n) is 9.51. The molecule has 30 heavy (non-hydrogen) atoms. The molecule has 0 bridgehead atoms. The zero-order valence-corrected chi connectivity index (χ0v) is 17.7. The highest BCUT2D eigenvalue weighted by Gasteiger charge is 2.09. The second-order valence-corrected chi connectivity index (χ2v) is 7.50. The summed E-state index contributed by atoms with van der Waals surface area (Å²) in [5, 5.41) is 25.5. The molecule has 3 rings (SSSR count). The van der Waals surface area contributed by atoms with Crippen molar-refractivity contribution in [3.63, 3.8) is 0 Å². The van der Waals surface area contributed by atoms with E-state index in [1.165, 1.54) is 0 Å². The van der Waals surface area contributed by atoms with Gasteiger partial charge in [0.1, 0.15) is 5.82 Å². The van der Waals surface area contributed by atoms with Crippen LogP contribution in [0.1, 0.15) is 29.7 Å². The summed E-state index contributed by atoms with van der Waals surface area (Å²) >= 11 is 12.3. The van der Waals surface area contributed by atoms with E-state index in [4.69, 9.17) is 33.6 Å². The smallest absolute Gasteiger partial charge is 0.229 e. The molecule has 1 aromatic heterocycles. The van der Waals surface area contributed by atoms with Gasteiger partial charge in [0.15, 0.2) is 0 Å². The lowest BCUT2D eigenvalue weighted by molar-refractivity contribution is 0.286. The number of aliphatic hydroxyl groups excluding tert-OH is 1. The van der Waals surface area contributed by atoms with Crippen LogP contribution in [0, 0.1) is 11.3 Å². The lowest BCUT2D eigenvalue weighted by Gasteiger charge is -2.12. The zero-order valence-electron chi connectivity index (χ0n) is 16.2. The summed E-state index contributed by atoms with van der Waals surface area (Å²) in [4.78, 5) is 9.15. The lowest BCUT2D eigenvalue weighted by Crippen LogP contribution is -2.08. The van der Waals surface area contributed by atoms with Gasteiger partial charge in [-0.05, 0) is 54.8 Å². The third-order valence-corrected chi connectivity index (χ3v) is 4.91. The van der Waals surface area contributed by atoms with E-state index in [9.17, 15) is 0 Å². The number of nitrogens with one attached hydrogen (secondary N) is 2. The zero-order chi connectivity index (χ0) is 21.3. The Kier molecular flexibility index (Phi) is 7.86. The number of unbranched alkanes of at least 4 members (excludes halogenated alkanes) is 1. The summed E-state index contributed by atoms with van der Waals surface area (Å²) < 4.78 is 0. The third kappa shape index (κ3) is 6.33. The van der Waals surface area contributed by atoms with E-state index in [0.717, 1.165) is 29.8 Å². The SMILES string of the molecule is N#Cc1ccc(Nc2nc(Cc3ccc(Cl)cc3Cl)cc(NCCCCO)n2)cc1. The van der Waals surface area contributed by atoms with E-state index < -0.39 is 0 Å². The molecule has 2 aromatic carbocycles. The molecule has 0 radical (unpaired) electrons. The van der Waals surface area contributed by atoms with E-state index in [1.54, 1.807) is 36.4 Å². The number of aromatic nitrogens is 2. The van der Waals surface area contributed by atoms with Crippen LogP contribution >= 0.6 is 23.2 Å². The van der Waals surface area contributed by atoms with Crippen LogP contribution in [0.4, 0.5) is 17.5 Å².